The molecule has 0 bridgehead atoms. The second kappa shape index (κ2) is 4.94. The number of rotatable bonds is 4. The molecule has 17 heavy (non-hydrogen) atoms. The Balaban J connectivity index is 1.85. The third-order valence-electron chi connectivity index (χ3n) is 4.49. The Kier molecular flexibility index (Phi) is 3.73. The smallest absolute Gasteiger partial charge is 0.225 e. The first-order valence-electron chi connectivity index (χ1n) is 6.65. The summed E-state index contributed by atoms with van der Waals surface area (Å²) in [6.45, 7) is 3.72. The van der Waals surface area contributed by atoms with E-state index in [-0.39, 0.29) is 17.6 Å². The van der Waals surface area contributed by atoms with Crippen molar-refractivity contribution in [3.05, 3.63) is 0 Å². The van der Waals surface area contributed by atoms with Gasteiger partial charge < -0.3 is 15.4 Å². The predicted molar refractivity (Wildman–Crippen MR) is 66.5 cm³/mol. The first-order valence-corrected chi connectivity index (χ1v) is 6.65. The van der Waals surface area contributed by atoms with Crippen LogP contribution in [0.2, 0.25) is 0 Å². The average molecular weight is 240 g/mol. The zero-order valence-electron chi connectivity index (χ0n) is 10.9. The number of likely N-dealkylation sites (tertiary alicyclic amines) is 1. The highest BCUT2D eigenvalue weighted by Crippen LogP contribution is 2.38. The van der Waals surface area contributed by atoms with Crippen LogP contribution in [0, 0.1) is 5.92 Å². The van der Waals surface area contributed by atoms with Gasteiger partial charge in [0.1, 0.15) is 0 Å². The molecule has 0 aromatic rings. The number of hydrogen-bond donors (Lipinski definition) is 1. The fourth-order valence-electron chi connectivity index (χ4n) is 2.85. The standard InChI is InChI=1S/C13H24N2O2/c1-10(14)11-4-7-15(9-11)12(16)8-13(17-2)5-3-6-13/h10-11H,3-9,14H2,1-2H3. The Labute approximate surface area is 103 Å². The number of amides is 1. The summed E-state index contributed by atoms with van der Waals surface area (Å²) in [7, 11) is 1.72. The molecule has 0 aromatic carbocycles. The molecule has 4 nitrogen and oxygen atoms in total. The number of nitrogens with two attached hydrogens (primary N) is 1. The quantitative estimate of drug-likeness (QED) is 0.801. The average Bonchev–Trinajstić information content (AvgIpc) is 2.72. The highest BCUT2D eigenvalue weighted by Gasteiger charge is 2.41. The minimum absolute atomic E-state index is 0.149. The van der Waals surface area contributed by atoms with Crippen LogP contribution in [0.3, 0.4) is 0 Å². The van der Waals surface area contributed by atoms with Gasteiger partial charge in [0.05, 0.1) is 12.0 Å². The fourth-order valence-corrected chi connectivity index (χ4v) is 2.85. The molecule has 98 valence electrons. The maximum Gasteiger partial charge on any atom is 0.225 e. The van der Waals surface area contributed by atoms with Crippen LogP contribution in [-0.2, 0) is 9.53 Å². The molecule has 2 fully saturated rings. The van der Waals surface area contributed by atoms with E-state index in [0.717, 1.165) is 32.4 Å². The molecule has 2 unspecified atom stereocenters. The van der Waals surface area contributed by atoms with Crippen LogP contribution in [0.1, 0.15) is 39.0 Å². The second-order valence-corrected chi connectivity index (χ2v) is 5.67. The zero-order chi connectivity index (χ0) is 12.5. The second-order valence-electron chi connectivity index (χ2n) is 5.67. The van der Waals surface area contributed by atoms with Crippen molar-refractivity contribution in [2.75, 3.05) is 20.2 Å². The van der Waals surface area contributed by atoms with Crippen molar-refractivity contribution in [2.45, 2.75) is 50.7 Å². The summed E-state index contributed by atoms with van der Waals surface area (Å²) >= 11 is 0. The maximum atomic E-state index is 12.2. The van der Waals surface area contributed by atoms with E-state index in [2.05, 4.69) is 0 Å². The van der Waals surface area contributed by atoms with Crippen molar-refractivity contribution in [3.8, 4) is 0 Å². The van der Waals surface area contributed by atoms with Crippen LogP contribution in [0.15, 0.2) is 0 Å². The van der Waals surface area contributed by atoms with Crippen LogP contribution >= 0.6 is 0 Å². The fraction of sp³-hybridized carbons (Fsp3) is 0.923. The Morgan fingerprint density at radius 2 is 2.29 bits per heavy atom. The van der Waals surface area contributed by atoms with Gasteiger partial charge in [0, 0.05) is 26.2 Å². The summed E-state index contributed by atoms with van der Waals surface area (Å²) in [6, 6.07) is 0.188. The molecule has 1 saturated carbocycles. The van der Waals surface area contributed by atoms with Crippen molar-refractivity contribution in [1.29, 1.82) is 0 Å². The lowest BCUT2D eigenvalue weighted by atomic mass is 9.77. The van der Waals surface area contributed by atoms with Crippen LogP contribution in [0.4, 0.5) is 0 Å². The number of ether oxygens (including phenoxy) is 1. The van der Waals surface area contributed by atoms with Crippen LogP contribution in [0.5, 0.6) is 0 Å². The first-order chi connectivity index (χ1) is 8.06. The van der Waals surface area contributed by atoms with E-state index >= 15 is 0 Å². The van der Waals surface area contributed by atoms with Gasteiger partial charge in [-0.05, 0) is 38.5 Å². The van der Waals surface area contributed by atoms with Gasteiger partial charge in [-0.2, -0.15) is 0 Å². The Bertz CT molecular complexity index is 282. The first kappa shape index (κ1) is 12.8. The van der Waals surface area contributed by atoms with E-state index < -0.39 is 0 Å². The molecule has 1 aliphatic carbocycles. The number of hydrogen-bond acceptors (Lipinski definition) is 3. The molecule has 0 spiro atoms. The molecule has 1 heterocycles. The highest BCUT2D eigenvalue weighted by molar-refractivity contribution is 5.77. The molecule has 2 N–H and O–H groups in total. The monoisotopic (exact) mass is 240 g/mol. The molecule has 2 atom stereocenters. The van der Waals surface area contributed by atoms with Gasteiger partial charge in [-0.25, -0.2) is 0 Å². The van der Waals surface area contributed by atoms with Gasteiger partial charge in [-0.15, -0.1) is 0 Å². The summed E-state index contributed by atoms with van der Waals surface area (Å²) in [6.07, 6.45) is 4.84. The molecule has 1 amide bonds. The highest BCUT2D eigenvalue weighted by atomic mass is 16.5. The SMILES string of the molecule is COC1(CC(=O)N2CCC(C(C)N)C2)CCC1. The lowest BCUT2D eigenvalue weighted by Crippen LogP contribution is -2.45. The van der Waals surface area contributed by atoms with E-state index in [1.165, 1.54) is 6.42 Å². The Morgan fingerprint density at radius 1 is 1.59 bits per heavy atom. The molecule has 0 aromatic heterocycles. The lowest BCUT2D eigenvalue weighted by molar-refractivity contribution is -0.143. The van der Waals surface area contributed by atoms with Gasteiger partial charge in [-0.3, -0.25) is 4.79 Å². The van der Waals surface area contributed by atoms with Crippen molar-refractivity contribution in [1.82, 2.24) is 4.90 Å². The zero-order valence-corrected chi connectivity index (χ0v) is 10.9. The molecular weight excluding hydrogens is 216 g/mol. The maximum absolute atomic E-state index is 12.2. The minimum atomic E-state index is -0.149. The van der Waals surface area contributed by atoms with Gasteiger partial charge in [-0.1, -0.05) is 0 Å². The summed E-state index contributed by atoms with van der Waals surface area (Å²) in [5.41, 5.74) is 5.74. The minimum Gasteiger partial charge on any atom is -0.378 e. The topological polar surface area (TPSA) is 55.6 Å². The van der Waals surface area contributed by atoms with Gasteiger partial charge in [0.25, 0.3) is 0 Å². The van der Waals surface area contributed by atoms with Crippen molar-refractivity contribution < 1.29 is 9.53 Å². The lowest BCUT2D eigenvalue weighted by Gasteiger charge is -2.40. The molecule has 1 aliphatic heterocycles. The third-order valence-corrected chi connectivity index (χ3v) is 4.49. The van der Waals surface area contributed by atoms with E-state index in [0.29, 0.717) is 12.3 Å². The molecule has 2 rings (SSSR count). The number of nitrogens with zero attached hydrogens (tertiary/aromatic N) is 1. The van der Waals surface area contributed by atoms with E-state index in [4.69, 9.17) is 10.5 Å². The van der Waals surface area contributed by atoms with Gasteiger partial charge >= 0.3 is 0 Å². The van der Waals surface area contributed by atoms with Crippen LogP contribution < -0.4 is 5.73 Å². The van der Waals surface area contributed by atoms with Crippen molar-refractivity contribution >= 4 is 5.91 Å². The van der Waals surface area contributed by atoms with Crippen molar-refractivity contribution in [3.63, 3.8) is 0 Å². The van der Waals surface area contributed by atoms with E-state index in [1.807, 2.05) is 11.8 Å². The number of carbonyl (C=O) groups is 1. The molecule has 4 heteroatoms. The summed E-state index contributed by atoms with van der Waals surface area (Å²) in [5, 5.41) is 0. The normalized spacial score (nSPS) is 28.9. The van der Waals surface area contributed by atoms with Crippen LogP contribution in [0.25, 0.3) is 0 Å². The summed E-state index contributed by atoms with van der Waals surface area (Å²) in [4.78, 5) is 14.2. The van der Waals surface area contributed by atoms with Crippen molar-refractivity contribution in [2.24, 2.45) is 11.7 Å². The largest absolute Gasteiger partial charge is 0.378 e. The molecule has 1 saturated heterocycles. The van der Waals surface area contributed by atoms with E-state index in [9.17, 15) is 4.79 Å². The Hall–Kier alpha value is -0.610. The van der Waals surface area contributed by atoms with E-state index in [1.54, 1.807) is 7.11 Å². The molecular formula is C13H24N2O2. The van der Waals surface area contributed by atoms with Crippen LogP contribution in [-0.4, -0.2) is 42.6 Å². The molecule has 2 aliphatic rings. The molecule has 0 radical (unpaired) electrons. The third kappa shape index (κ3) is 2.63. The number of methoxy groups -OCH3 is 1. The van der Waals surface area contributed by atoms with Gasteiger partial charge in [0.2, 0.25) is 5.91 Å². The van der Waals surface area contributed by atoms with Gasteiger partial charge in [0.15, 0.2) is 0 Å². The number of carbonyl (C=O) groups excluding carboxylic acids is 1. The Morgan fingerprint density at radius 3 is 2.71 bits per heavy atom. The summed E-state index contributed by atoms with van der Waals surface area (Å²) in [5.74, 6) is 0.716. The summed E-state index contributed by atoms with van der Waals surface area (Å²) < 4.78 is 5.51. The predicted octanol–water partition coefficient (Wildman–Crippen LogP) is 1.14.